The number of piperidine rings is 1. The van der Waals surface area contributed by atoms with E-state index in [-0.39, 0.29) is 6.61 Å². The molecule has 7 nitrogen and oxygen atoms in total. The maximum Gasteiger partial charge on any atom is 0.241 e. The second-order valence-electron chi connectivity index (χ2n) is 7.21. The molecule has 7 heteroatoms. The van der Waals surface area contributed by atoms with E-state index in [2.05, 4.69) is 25.0 Å². The zero-order chi connectivity index (χ0) is 19.3. The number of aliphatic hydroxyl groups excluding tert-OH is 1. The van der Waals surface area contributed by atoms with Crippen LogP contribution in [0.15, 0.2) is 41.1 Å². The van der Waals surface area contributed by atoms with Crippen LogP contribution < -0.4 is 0 Å². The van der Waals surface area contributed by atoms with Crippen LogP contribution in [-0.4, -0.2) is 49.3 Å². The van der Waals surface area contributed by atoms with E-state index in [1.165, 1.54) is 12.8 Å². The van der Waals surface area contributed by atoms with E-state index in [0.29, 0.717) is 24.3 Å². The summed E-state index contributed by atoms with van der Waals surface area (Å²) in [7, 11) is 0. The molecule has 0 aliphatic carbocycles. The van der Waals surface area contributed by atoms with Crippen molar-refractivity contribution in [1.82, 2.24) is 25.0 Å². The number of likely N-dealkylation sites (tertiary alicyclic amines) is 1. The topological polar surface area (TPSA) is 88.2 Å². The Morgan fingerprint density at radius 1 is 1.11 bits per heavy atom. The van der Waals surface area contributed by atoms with Gasteiger partial charge in [-0.25, -0.2) is 9.97 Å². The summed E-state index contributed by atoms with van der Waals surface area (Å²) in [5.41, 5.74) is 2.83. The Bertz CT molecular complexity index is 907. The quantitative estimate of drug-likeness (QED) is 0.703. The van der Waals surface area contributed by atoms with Gasteiger partial charge in [-0.2, -0.15) is 4.98 Å². The number of rotatable bonds is 6. The standard InChI is InChI=1S/C21H25N5O2/c1-15-22-11-9-19(23-15)16-5-7-17(8-6-16)21-24-20(28-25-21)14-26-12-3-2-4-18(26)10-13-27/h5-9,11,18,27H,2-4,10,12-14H2,1H3/t18-/m1/s1. The van der Waals surface area contributed by atoms with E-state index < -0.39 is 0 Å². The van der Waals surface area contributed by atoms with E-state index in [1.54, 1.807) is 6.20 Å². The molecule has 1 saturated heterocycles. The number of benzene rings is 1. The molecular weight excluding hydrogens is 354 g/mol. The molecule has 3 aromatic rings. The first-order valence-corrected chi connectivity index (χ1v) is 9.81. The number of aromatic nitrogens is 4. The van der Waals surface area contributed by atoms with Gasteiger partial charge in [-0.3, -0.25) is 4.90 Å². The van der Waals surface area contributed by atoms with E-state index in [1.807, 2.05) is 37.3 Å². The Hall–Kier alpha value is -2.64. The Kier molecular flexibility index (Phi) is 5.73. The summed E-state index contributed by atoms with van der Waals surface area (Å²) in [6, 6.07) is 10.3. The highest BCUT2D eigenvalue weighted by molar-refractivity contribution is 5.64. The van der Waals surface area contributed by atoms with Gasteiger partial charge in [-0.15, -0.1) is 0 Å². The van der Waals surface area contributed by atoms with Crippen molar-refractivity contribution in [2.45, 2.75) is 45.2 Å². The molecule has 0 spiro atoms. The van der Waals surface area contributed by atoms with Crippen LogP contribution in [0.1, 0.15) is 37.4 Å². The van der Waals surface area contributed by atoms with Crippen LogP contribution in [0.4, 0.5) is 0 Å². The zero-order valence-electron chi connectivity index (χ0n) is 16.1. The summed E-state index contributed by atoms with van der Waals surface area (Å²) < 4.78 is 5.49. The molecule has 1 aliphatic heterocycles. The van der Waals surface area contributed by atoms with Crippen LogP contribution in [0.2, 0.25) is 0 Å². The first-order valence-electron chi connectivity index (χ1n) is 9.81. The first kappa shape index (κ1) is 18.7. The Labute approximate surface area is 164 Å². The predicted octanol–water partition coefficient (Wildman–Crippen LogP) is 3.24. The fourth-order valence-electron chi connectivity index (χ4n) is 3.76. The van der Waals surface area contributed by atoms with Crippen LogP contribution in [0.3, 0.4) is 0 Å². The largest absolute Gasteiger partial charge is 0.396 e. The first-order chi connectivity index (χ1) is 13.7. The molecule has 1 fully saturated rings. The molecule has 1 N–H and O–H groups in total. The van der Waals surface area contributed by atoms with Gasteiger partial charge in [0.2, 0.25) is 11.7 Å². The molecule has 28 heavy (non-hydrogen) atoms. The Balaban J connectivity index is 1.46. The zero-order valence-corrected chi connectivity index (χ0v) is 16.1. The molecule has 0 saturated carbocycles. The van der Waals surface area contributed by atoms with Crippen LogP contribution in [0.25, 0.3) is 22.6 Å². The van der Waals surface area contributed by atoms with Crippen molar-refractivity contribution in [3.05, 3.63) is 48.2 Å². The van der Waals surface area contributed by atoms with Crippen LogP contribution in [0.5, 0.6) is 0 Å². The highest BCUT2D eigenvalue weighted by atomic mass is 16.5. The number of aryl methyl sites for hydroxylation is 1. The molecule has 1 aliphatic rings. The molecular formula is C21H25N5O2. The molecule has 146 valence electrons. The number of nitrogens with zero attached hydrogens (tertiary/aromatic N) is 5. The normalized spacial score (nSPS) is 17.7. The van der Waals surface area contributed by atoms with Crippen LogP contribution in [0, 0.1) is 6.92 Å². The lowest BCUT2D eigenvalue weighted by atomic mass is 10.00. The van der Waals surface area contributed by atoms with Gasteiger partial charge in [0.1, 0.15) is 5.82 Å². The van der Waals surface area contributed by atoms with Gasteiger partial charge < -0.3 is 9.63 Å². The van der Waals surface area contributed by atoms with Crippen molar-refractivity contribution in [2.24, 2.45) is 0 Å². The summed E-state index contributed by atoms with van der Waals surface area (Å²) in [5.74, 6) is 1.97. The van der Waals surface area contributed by atoms with Crippen LogP contribution in [-0.2, 0) is 6.54 Å². The van der Waals surface area contributed by atoms with Gasteiger partial charge in [-0.05, 0) is 38.8 Å². The van der Waals surface area contributed by atoms with Crippen molar-refractivity contribution in [2.75, 3.05) is 13.2 Å². The van der Waals surface area contributed by atoms with Gasteiger partial charge in [0, 0.05) is 30.0 Å². The SMILES string of the molecule is Cc1nccc(-c2ccc(-c3noc(CN4CCCC[C@@H]4CCO)n3)cc2)n1. The lowest BCUT2D eigenvalue weighted by molar-refractivity contribution is 0.100. The number of aliphatic hydroxyl groups is 1. The fourth-order valence-corrected chi connectivity index (χ4v) is 3.76. The Morgan fingerprint density at radius 3 is 2.71 bits per heavy atom. The smallest absolute Gasteiger partial charge is 0.241 e. The van der Waals surface area contributed by atoms with Crippen molar-refractivity contribution in [3.8, 4) is 22.6 Å². The second-order valence-corrected chi connectivity index (χ2v) is 7.21. The van der Waals surface area contributed by atoms with E-state index >= 15 is 0 Å². The third-order valence-electron chi connectivity index (χ3n) is 5.23. The molecule has 4 rings (SSSR count). The molecule has 1 aromatic carbocycles. The van der Waals surface area contributed by atoms with Crippen LogP contribution >= 0.6 is 0 Å². The van der Waals surface area contributed by atoms with Gasteiger partial charge in [0.25, 0.3) is 0 Å². The highest BCUT2D eigenvalue weighted by Crippen LogP contribution is 2.24. The van der Waals surface area contributed by atoms with Gasteiger partial charge in [0.05, 0.1) is 12.2 Å². The minimum absolute atomic E-state index is 0.217. The average molecular weight is 379 g/mol. The molecule has 0 radical (unpaired) electrons. The van der Waals surface area contributed by atoms with Crippen molar-refractivity contribution in [3.63, 3.8) is 0 Å². The molecule has 0 amide bonds. The van der Waals surface area contributed by atoms with Crippen molar-refractivity contribution >= 4 is 0 Å². The molecule has 0 bridgehead atoms. The van der Waals surface area contributed by atoms with Gasteiger partial charge >= 0.3 is 0 Å². The average Bonchev–Trinajstić information content (AvgIpc) is 3.18. The Morgan fingerprint density at radius 2 is 1.93 bits per heavy atom. The third kappa shape index (κ3) is 4.26. The monoisotopic (exact) mass is 379 g/mol. The second kappa shape index (κ2) is 8.58. The maximum absolute atomic E-state index is 9.29. The molecule has 3 heterocycles. The molecule has 2 aromatic heterocycles. The van der Waals surface area contributed by atoms with Crippen molar-refractivity contribution in [1.29, 1.82) is 0 Å². The minimum atomic E-state index is 0.217. The van der Waals surface area contributed by atoms with Crippen molar-refractivity contribution < 1.29 is 9.63 Å². The van der Waals surface area contributed by atoms with Gasteiger partial charge in [-0.1, -0.05) is 35.8 Å². The van der Waals surface area contributed by atoms with E-state index in [9.17, 15) is 5.11 Å². The molecule has 0 unspecified atom stereocenters. The number of hydrogen-bond donors (Lipinski definition) is 1. The summed E-state index contributed by atoms with van der Waals surface area (Å²) in [4.78, 5) is 15.5. The lowest BCUT2D eigenvalue weighted by Gasteiger charge is -2.34. The summed E-state index contributed by atoms with van der Waals surface area (Å²) in [5, 5.41) is 13.4. The van der Waals surface area contributed by atoms with Gasteiger partial charge in [0.15, 0.2) is 0 Å². The highest BCUT2D eigenvalue weighted by Gasteiger charge is 2.24. The van der Waals surface area contributed by atoms with E-state index in [0.717, 1.165) is 42.0 Å². The summed E-state index contributed by atoms with van der Waals surface area (Å²) in [6.45, 7) is 3.74. The predicted molar refractivity (Wildman–Crippen MR) is 105 cm³/mol. The summed E-state index contributed by atoms with van der Waals surface area (Å²) >= 11 is 0. The maximum atomic E-state index is 9.29. The van der Waals surface area contributed by atoms with E-state index in [4.69, 9.17) is 4.52 Å². The fraction of sp³-hybridized carbons (Fsp3) is 0.429. The summed E-state index contributed by atoms with van der Waals surface area (Å²) in [6.07, 6.45) is 6.07. The molecule has 1 atom stereocenters. The number of hydrogen-bond acceptors (Lipinski definition) is 7. The minimum Gasteiger partial charge on any atom is -0.396 e. The lowest BCUT2D eigenvalue weighted by Crippen LogP contribution is -2.39. The third-order valence-corrected chi connectivity index (χ3v) is 5.23.